The largest absolute Gasteiger partial charge is 0.488 e. The summed E-state index contributed by atoms with van der Waals surface area (Å²) in [6.45, 7) is 5.48. The first-order chi connectivity index (χ1) is 7.31. The van der Waals surface area contributed by atoms with Crippen LogP contribution in [0, 0.1) is 10.1 Å². The number of nitrogens with zero attached hydrogens (tertiary/aromatic N) is 1. The third-order valence-corrected chi connectivity index (χ3v) is 1.68. The van der Waals surface area contributed by atoms with E-state index in [4.69, 9.17) is 4.74 Å². The minimum absolute atomic E-state index is 0.149. The third kappa shape index (κ3) is 3.34. The molecule has 0 aliphatic carbocycles. The Balaban J connectivity index is 3.14. The van der Waals surface area contributed by atoms with Gasteiger partial charge in [-0.15, -0.1) is 0 Å². The van der Waals surface area contributed by atoms with Gasteiger partial charge in [0.25, 0.3) is 5.69 Å². The minimum atomic E-state index is -0.553. The summed E-state index contributed by atoms with van der Waals surface area (Å²) in [4.78, 5) is 20.7. The first-order valence-electron chi connectivity index (χ1n) is 4.75. The first kappa shape index (κ1) is 12.2. The van der Waals surface area contributed by atoms with Gasteiger partial charge in [-0.3, -0.25) is 14.9 Å². The van der Waals surface area contributed by atoms with Crippen LogP contribution in [0.5, 0.6) is 5.75 Å². The number of hydrogen-bond acceptors (Lipinski definition) is 4. The van der Waals surface area contributed by atoms with E-state index in [-0.39, 0.29) is 11.3 Å². The van der Waals surface area contributed by atoms with Crippen LogP contribution in [0.25, 0.3) is 0 Å². The van der Waals surface area contributed by atoms with Crippen LogP contribution < -0.4 is 4.74 Å². The summed E-state index contributed by atoms with van der Waals surface area (Å²) >= 11 is 0. The molecule has 5 heteroatoms. The molecular weight excluding hydrogens is 210 g/mol. The number of rotatable bonds is 3. The highest BCUT2D eigenvalue weighted by atomic mass is 16.6. The van der Waals surface area contributed by atoms with Crippen LogP contribution in [0.2, 0.25) is 0 Å². The molecule has 86 valence electrons. The summed E-state index contributed by atoms with van der Waals surface area (Å²) < 4.78 is 5.47. The lowest BCUT2D eigenvalue weighted by Crippen LogP contribution is -2.23. The van der Waals surface area contributed by atoms with Crippen molar-refractivity contribution in [3.05, 3.63) is 33.9 Å². The molecule has 16 heavy (non-hydrogen) atoms. The van der Waals surface area contributed by atoms with Gasteiger partial charge in [-0.1, -0.05) is 0 Å². The highest BCUT2D eigenvalue weighted by Gasteiger charge is 2.16. The highest BCUT2D eigenvalue weighted by Crippen LogP contribution is 2.25. The Labute approximate surface area is 93.2 Å². The Hall–Kier alpha value is -1.91. The van der Waals surface area contributed by atoms with E-state index in [1.807, 2.05) is 20.8 Å². The summed E-state index contributed by atoms with van der Waals surface area (Å²) in [5.74, 6) is 0.323. The van der Waals surface area contributed by atoms with Gasteiger partial charge in [0.2, 0.25) is 0 Å². The Morgan fingerprint density at radius 3 is 2.38 bits per heavy atom. The molecule has 0 bridgehead atoms. The molecule has 0 saturated carbocycles. The zero-order valence-electron chi connectivity index (χ0n) is 9.39. The van der Waals surface area contributed by atoms with Crippen molar-refractivity contribution < 1.29 is 14.5 Å². The molecule has 0 unspecified atom stereocenters. The van der Waals surface area contributed by atoms with Gasteiger partial charge in [0.05, 0.1) is 11.0 Å². The van der Waals surface area contributed by atoms with Crippen molar-refractivity contribution in [2.45, 2.75) is 26.4 Å². The predicted octanol–water partition coefficient (Wildman–Crippen LogP) is 2.58. The molecule has 1 rings (SSSR count). The van der Waals surface area contributed by atoms with Gasteiger partial charge in [0, 0.05) is 11.6 Å². The van der Waals surface area contributed by atoms with Crippen molar-refractivity contribution in [3.8, 4) is 5.75 Å². The topological polar surface area (TPSA) is 69.4 Å². The Bertz CT molecular complexity index is 420. The molecule has 0 aromatic heterocycles. The average Bonchev–Trinajstić information content (AvgIpc) is 2.14. The Kier molecular flexibility index (Phi) is 3.27. The molecule has 0 heterocycles. The second-order valence-corrected chi connectivity index (χ2v) is 4.35. The standard InChI is InChI=1S/C11H13NO4/c1-11(2,3)16-10-5-8(7-13)4-9(6-10)12(14)15/h4-7H,1-3H3. The molecule has 5 nitrogen and oxygen atoms in total. The van der Waals surface area contributed by atoms with E-state index >= 15 is 0 Å². The van der Waals surface area contributed by atoms with Gasteiger partial charge in [0.1, 0.15) is 17.6 Å². The first-order valence-corrected chi connectivity index (χ1v) is 4.75. The molecular formula is C11H13NO4. The maximum absolute atomic E-state index is 10.6. The van der Waals surface area contributed by atoms with Crippen molar-refractivity contribution in [3.63, 3.8) is 0 Å². The summed E-state index contributed by atoms with van der Waals surface area (Å²) in [6, 6.07) is 3.99. The minimum Gasteiger partial charge on any atom is -0.488 e. The van der Waals surface area contributed by atoms with E-state index in [1.54, 1.807) is 0 Å². The van der Waals surface area contributed by atoms with Crippen LogP contribution >= 0.6 is 0 Å². The van der Waals surface area contributed by atoms with Gasteiger partial charge in [-0.05, 0) is 26.8 Å². The number of non-ortho nitro benzene ring substituents is 1. The Morgan fingerprint density at radius 2 is 1.94 bits per heavy atom. The second kappa shape index (κ2) is 4.30. The van der Waals surface area contributed by atoms with Crippen LogP contribution in [0.3, 0.4) is 0 Å². The molecule has 0 aliphatic rings. The fraction of sp³-hybridized carbons (Fsp3) is 0.364. The summed E-state index contributed by atoms with van der Waals surface area (Å²) in [6.07, 6.45) is 0.558. The van der Waals surface area contributed by atoms with E-state index in [2.05, 4.69) is 0 Å². The fourth-order valence-corrected chi connectivity index (χ4v) is 1.19. The quantitative estimate of drug-likeness (QED) is 0.448. The average molecular weight is 223 g/mol. The van der Waals surface area contributed by atoms with Crippen molar-refractivity contribution in [1.29, 1.82) is 0 Å². The van der Waals surface area contributed by atoms with Crippen LogP contribution in [0.1, 0.15) is 31.1 Å². The van der Waals surface area contributed by atoms with Gasteiger partial charge >= 0.3 is 0 Å². The maximum atomic E-state index is 10.6. The number of hydrogen-bond donors (Lipinski definition) is 0. The molecule has 0 saturated heterocycles. The van der Waals surface area contributed by atoms with Gasteiger partial charge < -0.3 is 4.74 Å². The van der Waals surface area contributed by atoms with Crippen LogP contribution in [-0.4, -0.2) is 16.8 Å². The molecule has 0 amide bonds. The second-order valence-electron chi connectivity index (χ2n) is 4.35. The number of nitro groups is 1. The fourth-order valence-electron chi connectivity index (χ4n) is 1.19. The van der Waals surface area contributed by atoms with Gasteiger partial charge in [0.15, 0.2) is 0 Å². The summed E-state index contributed by atoms with van der Waals surface area (Å²) in [5, 5.41) is 10.6. The van der Waals surface area contributed by atoms with E-state index in [0.717, 1.165) is 0 Å². The third-order valence-electron chi connectivity index (χ3n) is 1.68. The molecule has 1 aromatic rings. The van der Waals surface area contributed by atoms with Gasteiger partial charge in [-0.2, -0.15) is 0 Å². The lowest BCUT2D eigenvalue weighted by Gasteiger charge is -2.21. The van der Waals surface area contributed by atoms with E-state index in [9.17, 15) is 14.9 Å². The number of carbonyl (C=O) groups is 1. The molecule has 0 spiro atoms. The lowest BCUT2D eigenvalue weighted by atomic mass is 10.1. The zero-order chi connectivity index (χ0) is 12.3. The van der Waals surface area contributed by atoms with Crippen molar-refractivity contribution in [2.75, 3.05) is 0 Å². The number of nitro benzene ring substituents is 1. The van der Waals surface area contributed by atoms with E-state index < -0.39 is 10.5 Å². The van der Waals surface area contributed by atoms with Crippen molar-refractivity contribution in [1.82, 2.24) is 0 Å². The SMILES string of the molecule is CC(C)(C)Oc1cc(C=O)cc([N+](=O)[O-])c1. The molecule has 0 fully saturated rings. The summed E-state index contributed by atoms with van der Waals surface area (Å²) in [7, 11) is 0. The number of aldehydes is 1. The number of ether oxygens (including phenoxy) is 1. The molecule has 0 radical (unpaired) electrons. The van der Waals surface area contributed by atoms with E-state index in [0.29, 0.717) is 12.0 Å². The molecule has 0 atom stereocenters. The molecule has 0 aliphatic heterocycles. The normalized spacial score (nSPS) is 10.9. The smallest absolute Gasteiger partial charge is 0.273 e. The maximum Gasteiger partial charge on any atom is 0.273 e. The lowest BCUT2D eigenvalue weighted by molar-refractivity contribution is -0.385. The van der Waals surface area contributed by atoms with Crippen LogP contribution in [0.15, 0.2) is 18.2 Å². The number of benzene rings is 1. The van der Waals surface area contributed by atoms with Crippen LogP contribution in [-0.2, 0) is 0 Å². The zero-order valence-corrected chi connectivity index (χ0v) is 9.39. The summed E-state index contributed by atoms with van der Waals surface area (Å²) in [5.41, 5.74) is -0.382. The molecule has 0 N–H and O–H groups in total. The van der Waals surface area contributed by atoms with Crippen molar-refractivity contribution >= 4 is 12.0 Å². The highest BCUT2D eigenvalue weighted by molar-refractivity contribution is 5.77. The van der Waals surface area contributed by atoms with Crippen molar-refractivity contribution in [2.24, 2.45) is 0 Å². The van der Waals surface area contributed by atoms with Gasteiger partial charge in [-0.25, -0.2) is 0 Å². The Morgan fingerprint density at radius 1 is 1.31 bits per heavy atom. The van der Waals surface area contributed by atoms with Crippen LogP contribution in [0.4, 0.5) is 5.69 Å². The predicted molar refractivity (Wildman–Crippen MR) is 58.9 cm³/mol. The monoisotopic (exact) mass is 223 g/mol. The molecule has 1 aromatic carbocycles. The van der Waals surface area contributed by atoms with E-state index in [1.165, 1.54) is 18.2 Å². The number of carbonyl (C=O) groups excluding carboxylic acids is 1.